The van der Waals surface area contributed by atoms with Crippen LogP contribution >= 0.6 is 23.5 Å². The van der Waals surface area contributed by atoms with E-state index in [0.717, 1.165) is 23.8 Å². The molecular formula is C27H30BrF2N2O11PS. The lowest BCUT2D eigenvalue weighted by Gasteiger charge is -2.26. The number of hydrogen-bond acceptors (Lipinski definition) is 10. The molecule has 13 nitrogen and oxygen atoms in total. The van der Waals surface area contributed by atoms with Crippen molar-refractivity contribution < 1.29 is 55.0 Å². The maximum atomic E-state index is 15.3. The Labute approximate surface area is 265 Å². The average Bonchev–Trinajstić information content (AvgIpc) is 3.23. The fourth-order valence-corrected chi connectivity index (χ4v) is 6.48. The number of ether oxygens (including phenoxy) is 3. The van der Waals surface area contributed by atoms with E-state index in [0.29, 0.717) is 10.1 Å². The van der Waals surface area contributed by atoms with E-state index in [1.54, 1.807) is 6.92 Å². The largest absolute Gasteiger partial charge is 0.510 e. The van der Waals surface area contributed by atoms with Crippen LogP contribution in [0.2, 0.25) is 0 Å². The third-order valence-corrected chi connectivity index (χ3v) is 9.28. The van der Waals surface area contributed by atoms with Gasteiger partial charge in [-0.1, -0.05) is 40.2 Å². The number of alkyl halides is 2. The molecule has 0 radical (unpaired) electrons. The topological polar surface area (TPSA) is 169 Å². The second-order valence-corrected chi connectivity index (χ2v) is 14.5. The minimum absolute atomic E-state index is 0.0204. The molecule has 0 amide bonds. The monoisotopic (exact) mass is 738 g/mol. The van der Waals surface area contributed by atoms with Crippen LogP contribution in [0.1, 0.15) is 38.8 Å². The van der Waals surface area contributed by atoms with E-state index in [2.05, 4.69) is 25.2 Å². The van der Waals surface area contributed by atoms with Crippen molar-refractivity contribution in [2.75, 3.05) is 12.9 Å². The summed E-state index contributed by atoms with van der Waals surface area (Å²) in [6.45, 7) is 5.22. The van der Waals surface area contributed by atoms with Crippen LogP contribution in [-0.2, 0) is 45.3 Å². The van der Waals surface area contributed by atoms with E-state index in [1.165, 1.54) is 56.4 Å². The van der Waals surface area contributed by atoms with Crippen LogP contribution in [0, 0.1) is 0 Å². The minimum atomic E-state index is -5.81. The fourth-order valence-electron chi connectivity index (χ4n) is 3.94. The Balaban J connectivity index is 1.96. The van der Waals surface area contributed by atoms with Gasteiger partial charge in [0.2, 0.25) is 6.29 Å². The van der Waals surface area contributed by atoms with Gasteiger partial charge >= 0.3 is 31.2 Å². The second kappa shape index (κ2) is 14.0. The van der Waals surface area contributed by atoms with Gasteiger partial charge in [-0.05, 0) is 57.0 Å². The molecule has 0 fully saturated rings. The maximum Gasteiger partial charge on any atom is 0.510 e. The quantitative estimate of drug-likeness (QED) is 0.146. The van der Waals surface area contributed by atoms with Crippen molar-refractivity contribution in [2.24, 2.45) is 0 Å². The first-order chi connectivity index (χ1) is 20.8. The Morgan fingerprint density at radius 2 is 1.71 bits per heavy atom. The smallest absolute Gasteiger partial charge is 0.449 e. The van der Waals surface area contributed by atoms with Gasteiger partial charge < -0.3 is 19.1 Å². The molecule has 1 aromatic heterocycles. The van der Waals surface area contributed by atoms with Crippen molar-refractivity contribution in [2.45, 2.75) is 57.2 Å². The van der Waals surface area contributed by atoms with E-state index < -0.39 is 59.0 Å². The van der Waals surface area contributed by atoms with Crippen LogP contribution < -0.4 is 5.69 Å². The number of sulfone groups is 1. The molecule has 3 rings (SSSR count). The molecule has 2 atom stereocenters. The van der Waals surface area contributed by atoms with Crippen molar-refractivity contribution >= 4 is 45.6 Å². The predicted octanol–water partition coefficient (Wildman–Crippen LogP) is 5.69. The van der Waals surface area contributed by atoms with Crippen LogP contribution in [0.5, 0.6) is 0 Å². The molecule has 0 spiro atoms. The lowest BCUT2D eigenvalue weighted by molar-refractivity contribution is -0.0766. The van der Waals surface area contributed by atoms with Gasteiger partial charge in [0.15, 0.2) is 9.84 Å². The van der Waals surface area contributed by atoms with E-state index in [1.807, 2.05) is 0 Å². The summed E-state index contributed by atoms with van der Waals surface area (Å²) in [7, 11) is -9.33. The molecule has 18 heteroatoms. The van der Waals surface area contributed by atoms with Crippen molar-refractivity contribution in [3.8, 4) is 11.3 Å². The molecule has 1 heterocycles. The lowest BCUT2D eigenvalue weighted by atomic mass is 10.1. The summed E-state index contributed by atoms with van der Waals surface area (Å²) in [5, 5.41) is 0. The normalized spacial score (nSPS) is 14.1. The highest BCUT2D eigenvalue weighted by atomic mass is 79.9. The maximum absolute atomic E-state index is 15.3. The molecule has 3 aromatic rings. The third kappa shape index (κ3) is 8.47. The molecular weight excluding hydrogens is 709 g/mol. The summed E-state index contributed by atoms with van der Waals surface area (Å²) in [5.74, 6) is 0. The Morgan fingerprint density at radius 3 is 2.24 bits per heavy atom. The summed E-state index contributed by atoms with van der Waals surface area (Å²) < 4.78 is 87.3. The summed E-state index contributed by atoms with van der Waals surface area (Å²) >= 11 is 2.98. The van der Waals surface area contributed by atoms with Gasteiger partial charge in [0.1, 0.15) is 0 Å². The number of rotatable bonds is 11. The van der Waals surface area contributed by atoms with Crippen molar-refractivity contribution in [1.82, 2.24) is 9.13 Å². The minimum Gasteiger partial charge on any atom is -0.449 e. The number of carbonyl (C=O) groups excluding carboxylic acids is 2. The predicted molar refractivity (Wildman–Crippen MR) is 160 cm³/mol. The Bertz CT molecular complexity index is 1790. The Hall–Kier alpha value is -3.37. The highest BCUT2D eigenvalue weighted by Crippen LogP contribution is 2.64. The zero-order chi connectivity index (χ0) is 33.9. The van der Waals surface area contributed by atoms with Gasteiger partial charge in [-0.3, -0.25) is 13.7 Å². The number of imidazole rings is 1. The molecule has 2 aromatic carbocycles. The van der Waals surface area contributed by atoms with E-state index in [-0.39, 0.29) is 33.8 Å². The van der Waals surface area contributed by atoms with Gasteiger partial charge in [-0.15, -0.1) is 0 Å². The number of halogens is 3. The van der Waals surface area contributed by atoms with E-state index in [9.17, 15) is 32.3 Å². The van der Waals surface area contributed by atoms with Crippen molar-refractivity contribution in [3.63, 3.8) is 0 Å². The van der Waals surface area contributed by atoms with E-state index in [4.69, 9.17) is 9.47 Å². The molecule has 45 heavy (non-hydrogen) atoms. The summed E-state index contributed by atoms with van der Waals surface area (Å²) in [6, 6.07) is 8.70. The van der Waals surface area contributed by atoms with Crippen LogP contribution in [0.3, 0.4) is 0 Å². The van der Waals surface area contributed by atoms with Crippen LogP contribution in [0.25, 0.3) is 11.3 Å². The molecule has 0 aliphatic carbocycles. The molecule has 0 aliphatic heterocycles. The SMILES string of the molecule is CCOC(=O)n1cc(-c2ccc(S(C)(=O)=O)cc2)n(Cc2ccc(C(F)(F)P(=O)(O)OC(C)OC(=O)OC(C)C)c(Br)c2)c1=O. The standard InChI is InChI=1S/C27H30BrF2N2O11PS/c1-6-40-25(34)32-15-23(19-8-10-20(11-9-19)45(5,38)39)31(24(32)33)14-18-7-12-21(22(28)13-18)27(29,30)44(36,37)43-17(4)42-26(35)41-16(2)3/h7-13,15-17H,6,14H2,1-5H3,(H,36,37). The number of carbonyl (C=O) groups is 2. The Kier molecular flexibility index (Phi) is 11.2. The van der Waals surface area contributed by atoms with Gasteiger partial charge in [-0.2, -0.15) is 8.78 Å². The highest BCUT2D eigenvalue weighted by molar-refractivity contribution is 9.10. The molecule has 2 unspecified atom stereocenters. The first kappa shape index (κ1) is 36.1. The summed E-state index contributed by atoms with van der Waals surface area (Å²) in [5.41, 5.74) is -5.48. The zero-order valence-corrected chi connectivity index (χ0v) is 27.9. The van der Waals surface area contributed by atoms with Gasteiger partial charge in [-0.25, -0.2) is 27.4 Å². The molecule has 0 aliphatic rings. The molecule has 1 N–H and O–H groups in total. The molecule has 0 saturated carbocycles. The molecule has 246 valence electrons. The number of benzene rings is 2. The van der Waals surface area contributed by atoms with Crippen molar-refractivity contribution in [3.05, 3.63) is 74.7 Å². The van der Waals surface area contributed by atoms with Crippen LogP contribution in [-0.4, -0.2) is 60.0 Å². The number of hydrogen-bond donors (Lipinski definition) is 1. The van der Waals surface area contributed by atoms with Crippen LogP contribution in [0.4, 0.5) is 18.4 Å². The van der Waals surface area contributed by atoms with Crippen molar-refractivity contribution in [1.29, 1.82) is 0 Å². The first-order valence-electron chi connectivity index (χ1n) is 13.1. The van der Waals surface area contributed by atoms with E-state index >= 15 is 8.78 Å². The highest BCUT2D eigenvalue weighted by Gasteiger charge is 2.55. The van der Waals surface area contributed by atoms with Gasteiger partial charge in [0.05, 0.1) is 29.8 Å². The number of nitrogens with zero attached hydrogens (tertiary/aromatic N) is 2. The summed E-state index contributed by atoms with van der Waals surface area (Å²) in [6.07, 6.45) is -2.49. The molecule has 0 bridgehead atoms. The second-order valence-electron chi connectivity index (χ2n) is 9.83. The average molecular weight is 739 g/mol. The first-order valence-corrected chi connectivity index (χ1v) is 17.4. The van der Waals surface area contributed by atoms with Crippen LogP contribution in [0.15, 0.2) is 62.8 Å². The lowest BCUT2D eigenvalue weighted by Crippen LogP contribution is -2.30. The van der Waals surface area contributed by atoms with Gasteiger partial charge in [0.25, 0.3) is 0 Å². The zero-order valence-electron chi connectivity index (χ0n) is 24.6. The third-order valence-electron chi connectivity index (χ3n) is 5.96. The van der Waals surface area contributed by atoms with Gasteiger partial charge in [0, 0.05) is 22.5 Å². The molecule has 0 saturated heterocycles. The fraction of sp³-hybridized carbons (Fsp3) is 0.370. The Morgan fingerprint density at radius 1 is 1.09 bits per heavy atom. The number of aromatic nitrogens is 2. The summed E-state index contributed by atoms with van der Waals surface area (Å²) in [4.78, 5) is 47.5.